The molecule has 55 heavy (non-hydrogen) atoms. The topological polar surface area (TPSA) is 3.24 Å². The highest BCUT2D eigenvalue weighted by Gasteiger charge is 2.35. The summed E-state index contributed by atoms with van der Waals surface area (Å²) >= 11 is 1.88. The van der Waals surface area contributed by atoms with Crippen molar-refractivity contribution in [2.45, 2.75) is 31.6 Å². The first kappa shape index (κ1) is 32.2. The Morgan fingerprint density at radius 2 is 1.22 bits per heavy atom. The maximum Gasteiger partial charge on any atom is 0.0468 e. The summed E-state index contributed by atoms with van der Waals surface area (Å²) in [6.07, 6.45) is 5.68. The van der Waals surface area contributed by atoms with E-state index in [0.29, 0.717) is 5.92 Å². The number of thiophene rings is 1. The van der Waals surface area contributed by atoms with Gasteiger partial charge in [-0.3, -0.25) is 0 Å². The fourth-order valence-corrected chi connectivity index (χ4v) is 10.5. The second kappa shape index (κ2) is 12.4. The molecule has 0 amide bonds. The fourth-order valence-electron chi connectivity index (χ4n) is 9.42. The second-order valence-electron chi connectivity index (χ2n) is 15.7. The van der Waals surface area contributed by atoms with Crippen molar-refractivity contribution in [2.75, 3.05) is 4.90 Å². The second-order valence-corrected chi connectivity index (χ2v) is 16.8. The zero-order chi connectivity index (χ0) is 36.7. The summed E-state index contributed by atoms with van der Waals surface area (Å²) in [6, 6.07) is 63.4. The molecule has 0 aliphatic heterocycles. The first-order valence-electron chi connectivity index (χ1n) is 19.4. The summed E-state index contributed by atoms with van der Waals surface area (Å²) in [4.78, 5) is 2.43. The van der Waals surface area contributed by atoms with Gasteiger partial charge >= 0.3 is 0 Å². The number of hydrogen-bond acceptors (Lipinski definition) is 2. The van der Waals surface area contributed by atoms with Crippen molar-refractivity contribution in [3.8, 4) is 22.3 Å². The van der Waals surface area contributed by atoms with Crippen LogP contribution in [0.1, 0.15) is 47.6 Å². The summed E-state index contributed by atoms with van der Waals surface area (Å²) < 4.78 is 2.68. The van der Waals surface area contributed by atoms with E-state index >= 15 is 0 Å². The van der Waals surface area contributed by atoms with Gasteiger partial charge in [0.1, 0.15) is 0 Å². The van der Waals surface area contributed by atoms with Crippen molar-refractivity contribution in [2.24, 2.45) is 0 Å². The van der Waals surface area contributed by atoms with E-state index in [1.807, 2.05) is 11.3 Å². The van der Waals surface area contributed by atoms with Crippen molar-refractivity contribution in [1.29, 1.82) is 0 Å². The summed E-state index contributed by atoms with van der Waals surface area (Å²) in [5.41, 5.74) is 15.4. The largest absolute Gasteiger partial charge is 0.310 e. The van der Waals surface area contributed by atoms with Crippen LogP contribution in [0.3, 0.4) is 0 Å². The predicted octanol–water partition coefficient (Wildman–Crippen LogP) is 15.0. The normalized spacial score (nSPS) is 15.3. The number of hydrogen-bond donors (Lipinski definition) is 0. The van der Waals surface area contributed by atoms with E-state index in [2.05, 4.69) is 201 Å². The monoisotopic (exact) mass is 721 g/mol. The molecule has 1 atom stereocenters. The van der Waals surface area contributed by atoms with Gasteiger partial charge in [0, 0.05) is 48.6 Å². The van der Waals surface area contributed by atoms with Crippen LogP contribution in [-0.4, -0.2) is 0 Å². The highest BCUT2D eigenvalue weighted by Crippen LogP contribution is 2.51. The van der Waals surface area contributed by atoms with Gasteiger partial charge in [0.15, 0.2) is 0 Å². The van der Waals surface area contributed by atoms with Gasteiger partial charge in [0.25, 0.3) is 0 Å². The first-order valence-corrected chi connectivity index (χ1v) is 20.2. The van der Waals surface area contributed by atoms with Crippen LogP contribution in [0.5, 0.6) is 0 Å². The SMILES string of the molecule is CC1(C)c2ccccc2-c2cc(N(c3ccc(-c4cccc5c4ccc4sc6ccccc6c45)cc3)c3ccc(C4C=Cc5ccccc5C4)cc3)ccc21. The van der Waals surface area contributed by atoms with Gasteiger partial charge in [-0.2, -0.15) is 0 Å². The van der Waals surface area contributed by atoms with Crippen LogP contribution in [0, 0.1) is 0 Å². The lowest BCUT2D eigenvalue weighted by Crippen LogP contribution is -2.15. The zero-order valence-electron chi connectivity index (χ0n) is 31.0. The molecule has 1 aromatic heterocycles. The highest BCUT2D eigenvalue weighted by atomic mass is 32.1. The number of fused-ring (bicyclic) bond motifs is 9. The van der Waals surface area contributed by atoms with Gasteiger partial charge in [0.2, 0.25) is 0 Å². The lowest BCUT2D eigenvalue weighted by molar-refractivity contribution is 0.660. The number of rotatable bonds is 5. The van der Waals surface area contributed by atoms with Crippen LogP contribution in [0.4, 0.5) is 17.1 Å². The van der Waals surface area contributed by atoms with Gasteiger partial charge in [-0.05, 0) is 116 Å². The Balaban J connectivity index is 1.01. The van der Waals surface area contributed by atoms with Gasteiger partial charge in [-0.15, -0.1) is 11.3 Å². The molecular weight excluding hydrogens is 683 g/mol. The Bertz CT molecular complexity index is 2980. The minimum Gasteiger partial charge on any atom is -0.310 e. The summed E-state index contributed by atoms with van der Waals surface area (Å²) in [5, 5.41) is 5.31. The van der Waals surface area contributed by atoms with Crippen LogP contribution in [-0.2, 0) is 11.8 Å². The van der Waals surface area contributed by atoms with Crippen molar-refractivity contribution in [3.05, 3.63) is 204 Å². The van der Waals surface area contributed by atoms with Crippen molar-refractivity contribution in [3.63, 3.8) is 0 Å². The summed E-state index contributed by atoms with van der Waals surface area (Å²) in [6.45, 7) is 4.70. The molecule has 1 nitrogen and oxygen atoms in total. The smallest absolute Gasteiger partial charge is 0.0468 e. The van der Waals surface area contributed by atoms with Crippen molar-refractivity contribution < 1.29 is 0 Å². The van der Waals surface area contributed by atoms with Gasteiger partial charge < -0.3 is 4.90 Å². The molecule has 2 aliphatic rings. The summed E-state index contributed by atoms with van der Waals surface area (Å²) in [7, 11) is 0. The Morgan fingerprint density at radius 1 is 0.527 bits per heavy atom. The average molecular weight is 722 g/mol. The molecule has 11 rings (SSSR count). The highest BCUT2D eigenvalue weighted by molar-refractivity contribution is 7.26. The third kappa shape index (κ3) is 5.13. The molecule has 1 heterocycles. The molecule has 0 saturated carbocycles. The number of allylic oxidation sites excluding steroid dienone is 1. The fraction of sp³-hybridized carbons (Fsp3) is 0.0943. The van der Waals surface area contributed by atoms with Crippen molar-refractivity contribution in [1.82, 2.24) is 0 Å². The van der Waals surface area contributed by atoms with Crippen molar-refractivity contribution >= 4 is 65.4 Å². The molecule has 0 radical (unpaired) electrons. The molecule has 9 aromatic rings. The molecule has 0 N–H and O–H groups in total. The molecule has 2 aliphatic carbocycles. The predicted molar refractivity (Wildman–Crippen MR) is 236 cm³/mol. The maximum absolute atomic E-state index is 2.43. The first-order chi connectivity index (χ1) is 27.0. The third-order valence-corrected chi connectivity index (χ3v) is 13.4. The van der Waals surface area contributed by atoms with Crippen LogP contribution in [0.15, 0.2) is 176 Å². The summed E-state index contributed by atoms with van der Waals surface area (Å²) in [5.74, 6) is 0.365. The Hall–Kier alpha value is -6.22. The third-order valence-electron chi connectivity index (χ3n) is 12.2. The quantitative estimate of drug-likeness (QED) is 0.171. The van der Waals surface area contributed by atoms with E-state index in [0.717, 1.165) is 23.5 Å². The van der Waals surface area contributed by atoms with Gasteiger partial charge in [0.05, 0.1) is 0 Å². The van der Waals surface area contributed by atoms with Gasteiger partial charge in [-0.1, -0.05) is 147 Å². The van der Waals surface area contributed by atoms with E-state index in [1.54, 1.807) is 0 Å². The van der Waals surface area contributed by atoms with Crippen LogP contribution >= 0.6 is 11.3 Å². The molecule has 1 unspecified atom stereocenters. The van der Waals surface area contributed by atoms with E-state index in [-0.39, 0.29) is 5.41 Å². The zero-order valence-corrected chi connectivity index (χ0v) is 31.8. The number of nitrogens with zero attached hydrogens (tertiary/aromatic N) is 1. The Morgan fingerprint density at radius 3 is 2.09 bits per heavy atom. The van der Waals surface area contributed by atoms with Crippen LogP contribution in [0.25, 0.3) is 59.3 Å². The molecule has 0 fully saturated rings. The maximum atomic E-state index is 2.43. The molecule has 262 valence electrons. The lowest BCUT2D eigenvalue weighted by atomic mass is 9.82. The Kier molecular flexibility index (Phi) is 7.27. The lowest BCUT2D eigenvalue weighted by Gasteiger charge is -2.28. The molecule has 8 aromatic carbocycles. The molecule has 0 saturated heterocycles. The standard InChI is InChI=1S/C53H39NS/c1-53(2)48-16-7-5-12-44(48)47-33-41(28-30-49(47)53)54(39-24-20-35(21-25-39)38-19-18-34-10-3-4-11-37(34)32-38)40-26-22-36(23-27-40)42-14-9-15-45-43(42)29-31-51-52(45)46-13-6-8-17-50(46)55-51/h3-31,33,38H,32H2,1-2H3. The van der Waals surface area contributed by atoms with E-state index in [1.165, 1.54) is 81.0 Å². The molecule has 0 spiro atoms. The average Bonchev–Trinajstić information content (AvgIpc) is 3.73. The molecule has 0 bridgehead atoms. The van der Waals surface area contributed by atoms with Crippen LogP contribution in [0.2, 0.25) is 0 Å². The van der Waals surface area contributed by atoms with E-state index < -0.39 is 0 Å². The molecular formula is C53H39NS. The number of benzene rings is 8. The minimum atomic E-state index is -0.0376. The Labute approximate surface area is 326 Å². The van der Waals surface area contributed by atoms with E-state index in [9.17, 15) is 0 Å². The minimum absolute atomic E-state index is 0.0376. The van der Waals surface area contributed by atoms with Gasteiger partial charge in [-0.25, -0.2) is 0 Å². The van der Waals surface area contributed by atoms with E-state index in [4.69, 9.17) is 0 Å². The molecule has 2 heteroatoms. The van der Waals surface area contributed by atoms with Crippen LogP contribution < -0.4 is 4.90 Å². The number of anilines is 3.